The smallest absolute Gasteiger partial charge is 0.264 e. The second-order valence-electron chi connectivity index (χ2n) is 4.74. The van der Waals surface area contributed by atoms with E-state index in [0.29, 0.717) is 5.56 Å². The Morgan fingerprint density at radius 2 is 1.90 bits per heavy atom. The average molecular weight is 282 g/mol. The second kappa shape index (κ2) is 5.63. The molecule has 0 amide bonds. The van der Waals surface area contributed by atoms with E-state index in [1.54, 1.807) is 24.4 Å². The summed E-state index contributed by atoms with van der Waals surface area (Å²) < 4.78 is 0. The van der Waals surface area contributed by atoms with Gasteiger partial charge in [-0.3, -0.25) is 4.79 Å². The molecule has 21 heavy (non-hydrogen) atoms. The number of aromatic amines is 1. The van der Waals surface area contributed by atoms with Crippen LogP contribution in [0.15, 0.2) is 35.3 Å². The molecule has 0 spiro atoms. The Kier molecular flexibility index (Phi) is 3.51. The van der Waals surface area contributed by atoms with Gasteiger partial charge < -0.3 is 9.80 Å². The number of H-pyrrole nitrogens is 1. The Morgan fingerprint density at radius 3 is 2.57 bits per heavy atom. The third kappa shape index (κ3) is 2.69. The number of nitrogens with one attached hydrogen (secondary N) is 1. The highest BCUT2D eigenvalue weighted by Gasteiger charge is 2.20. The molecule has 0 bridgehead atoms. The Balaban J connectivity index is 1.72. The summed E-state index contributed by atoms with van der Waals surface area (Å²) in [6.07, 6.45) is 1.70. The number of pyridine rings is 1. The minimum Gasteiger partial charge on any atom is -0.352 e. The number of hydrogen-bond donors (Lipinski definition) is 1. The first kappa shape index (κ1) is 13.1. The number of aromatic nitrogens is 3. The summed E-state index contributed by atoms with van der Waals surface area (Å²) in [5.41, 5.74) is 0.387. The van der Waals surface area contributed by atoms with Crippen LogP contribution in [0, 0.1) is 11.3 Å². The van der Waals surface area contributed by atoms with Gasteiger partial charge >= 0.3 is 0 Å². The van der Waals surface area contributed by atoms with Crippen molar-refractivity contribution in [3.63, 3.8) is 0 Å². The van der Waals surface area contributed by atoms with E-state index in [2.05, 4.69) is 31.1 Å². The zero-order valence-electron chi connectivity index (χ0n) is 11.4. The number of hydrogen-bond acceptors (Lipinski definition) is 6. The number of piperazine rings is 1. The Morgan fingerprint density at radius 1 is 1.14 bits per heavy atom. The van der Waals surface area contributed by atoms with Gasteiger partial charge in [0.1, 0.15) is 17.7 Å². The molecule has 1 saturated heterocycles. The van der Waals surface area contributed by atoms with Crippen LogP contribution < -0.4 is 15.4 Å². The fraction of sp³-hybridized carbons (Fsp3) is 0.286. The van der Waals surface area contributed by atoms with Crippen molar-refractivity contribution < 1.29 is 0 Å². The zero-order chi connectivity index (χ0) is 14.7. The first-order valence-corrected chi connectivity index (χ1v) is 6.68. The van der Waals surface area contributed by atoms with Crippen LogP contribution in [0.2, 0.25) is 0 Å². The minimum atomic E-state index is -0.204. The maximum Gasteiger partial charge on any atom is 0.264 e. The summed E-state index contributed by atoms with van der Waals surface area (Å²) in [4.78, 5) is 19.5. The largest absolute Gasteiger partial charge is 0.352 e. The molecule has 2 aromatic heterocycles. The van der Waals surface area contributed by atoms with Gasteiger partial charge in [0.2, 0.25) is 0 Å². The third-order valence-electron chi connectivity index (χ3n) is 3.47. The number of nitrogens with zero attached hydrogens (tertiary/aromatic N) is 5. The monoisotopic (exact) mass is 282 g/mol. The maximum atomic E-state index is 11.0. The molecule has 2 aromatic rings. The van der Waals surface area contributed by atoms with Gasteiger partial charge in [-0.05, 0) is 18.2 Å². The summed E-state index contributed by atoms with van der Waals surface area (Å²) in [6.45, 7) is 3.04. The van der Waals surface area contributed by atoms with Crippen molar-refractivity contribution in [3.8, 4) is 6.07 Å². The van der Waals surface area contributed by atoms with Crippen molar-refractivity contribution in [2.45, 2.75) is 0 Å². The minimum absolute atomic E-state index is 0.204. The van der Waals surface area contributed by atoms with Crippen LogP contribution in [0.4, 0.5) is 11.6 Å². The third-order valence-corrected chi connectivity index (χ3v) is 3.47. The molecule has 7 heteroatoms. The molecule has 1 aliphatic rings. The maximum absolute atomic E-state index is 11.0. The van der Waals surface area contributed by atoms with E-state index in [4.69, 9.17) is 5.26 Å². The number of rotatable bonds is 2. The molecule has 1 N–H and O–H groups in total. The Hall–Kier alpha value is -2.88. The van der Waals surface area contributed by atoms with Crippen molar-refractivity contribution in [3.05, 3.63) is 46.4 Å². The van der Waals surface area contributed by atoms with Crippen molar-refractivity contribution >= 4 is 11.6 Å². The van der Waals surface area contributed by atoms with Crippen molar-refractivity contribution in [2.75, 3.05) is 36.0 Å². The lowest BCUT2D eigenvalue weighted by Crippen LogP contribution is -2.47. The SMILES string of the molecule is N#Cc1cccnc1N1CCN(c2ccc(=O)[nH]n2)CC1. The summed E-state index contributed by atoms with van der Waals surface area (Å²) in [5, 5.41) is 15.6. The van der Waals surface area contributed by atoms with Gasteiger partial charge in [0.25, 0.3) is 5.56 Å². The van der Waals surface area contributed by atoms with Crippen LogP contribution in [-0.2, 0) is 0 Å². The van der Waals surface area contributed by atoms with Gasteiger partial charge in [-0.15, -0.1) is 0 Å². The average Bonchev–Trinajstić information content (AvgIpc) is 2.56. The summed E-state index contributed by atoms with van der Waals surface area (Å²) >= 11 is 0. The van der Waals surface area contributed by atoms with Crippen LogP contribution in [0.1, 0.15) is 5.56 Å². The van der Waals surface area contributed by atoms with Gasteiger partial charge in [-0.1, -0.05) is 0 Å². The van der Waals surface area contributed by atoms with E-state index in [0.717, 1.165) is 37.8 Å². The highest BCUT2D eigenvalue weighted by atomic mass is 16.1. The van der Waals surface area contributed by atoms with Crippen LogP contribution in [0.3, 0.4) is 0 Å². The van der Waals surface area contributed by atoms with Crippen LogP contribution >= 0.6 is 0 Å². The highest BCUT2D eigenvalue weighted by molar-refractivity contribution is 5.54. The molecule has 0 radical (unpaired) electrons. The lowest BCUT2D eigenvalue weighted by molar-refractivity contribution is 0.637. The molecule has 3 heterocycles. The Bertz CT molecular complexity index is 706. The molecule has 0 aliphatic carbocycles. The number of nitriles is 1. The highest BCUT2D eigenvalue weighted by Crippen LogP contribution is 2.19. The lowest BCUT2D eigenvalue weighted by atomic mass is 10.2. The van der Waals surface area contributed by atoms with E-state index in [9.17, 15) is 4.79 Å². The predicted octanol–water partition coefficient (Wildman–Crippen LogP) is 0.363. The van der Waals surface area contributed by atoms with Gasteiger partial charge in [0, 0.05) is 38.4 Å². The summed E-state index contributed by atoms with van der Waals surface area (Å²) in [5.74, 6) is 1.49. The molecular weight excluding hydrogens is 268 g/mol. The summed E-state index contributed by atoms with van der Waals surface area (Å²) in [6, 6.07) is 8.91. The summed E-state index contributed by atoms with van der Waals surface area (Å²) in [7, 11) is 0. The molecular formula is C14H14N6O. The van der Waals surface area contributed by atoms with E-state index in [-0.39, 0.29) is 5.56 Å². The second-order valence-corrected chi connectivity index (χ2v) is 4.74. The predicted molar refractivity (Wildman–Crippen MR) is 78.2 cm³/mol. The van der Waals surface area contributed by atoms with Crippen molar-refractivity contribution in [2.24, 2.45) is 0 Å². The zero-order valence-corrected chi connectivity index (χ0v) is 11.4. The molecule has 0 aromatic carbocycles. The van der Waals surface area contributed by atoms with Crippen LogP contribution in [0.25, 0.3) is 0 Å². The molecule has 1 fully saturated rings. The fourth-order valence-electron chi connectivity index (χ4n) is 2.40. The van der Waals surface area contributed by atoms with E-state index in [1.807, 2.05) is 0 Å². The van der Waals surface area contributed by atoms with E-state index in [1.165, 1.54) is 6.07 Å². The number of anilines is 2. The molecule has 0 unspecified atom stereocenters. The molecule has 106 valence electrons. The quantitative estimate of drug-likeness (QED) is 0.855. The first-order valence-electron chi connectivity index (χ1n) is 6.68. The van der Waals surface area contributed by atoms with Crippen molar-refractivity contribution in [1.29, 1.82) is 5.26 Å². The van der Waals surface area contributed by atoms with Gasteiger partial charge in [0.05, 0.1) is 5.56 Å². The van der Waals surface area contributed by atoms with Crippen LogP contribution in [-0.4, -0.2) is 41.4 Å². The Labute approximate surface area is 121 Å². The molecule has 7 nitrogen and oxygen atoms in total. The normalized spacial score (nSPS) is 14.8. The van der Waals surface area contributed by atoms with Gasteiger partial charge in [-0.25, -0.2) is 10.1 Å². The van der Waals surface area contributed by atoms with Gasteiger partial charge in [0.15, 0.2) is 0 Å². The van der Waals surface area contributed by atoms with Gasteiger partial charge in [-0.2, -0.15) is 10.4 Å². The van der Waals surface area contributed by atoms with Crippen LogP contribution in [0.5, 0.6) is 0 Å². The first-order chi connectivity index (χ1) is 10.3. The molecule has 0 saturated carbocycles. The van der Waals surface area contributed by atoms with Crippen molar-refractivity contribution in [1.82, 2.24) is 15.2 Å². The topological polar surface area (TPSA) is 88.9 Å². The molecule has 0 atom stereocenters. The fourth-order valence-corrected chi connectivity index (χ4v) is 2.40. The van der Waals surface area contributed by atoms with E-state index >= 15 is 0 Å². The molecule has 3 rings (SSSR count). The van der Waals surface area contributed by atoms with E-state index < -0.39 is 0 Å². The standard InChI is InChI=1S/C14H14N6O/c15-10-11-2-1-5-16-14(11)20-8-6-19(7-9-20)12-3-4-13(21)18-17-12/h1-5H,6-9H2,(H,18,21). The molecule has 1 aliphatic heterocycles. The lowest BCUT2D eigenvalue weighted by Gasteiger charge is -2.36.